The Hall–Kier alpha value is -2.34. The highest BCUT2D eigenvalue weighted by Crippen LogP contribution is 2.26. The van der Waals surface area contributed by atoms with Crippen LogP contribution in [0.15, 0.2) is 53.8 Å². The highest BCUT2D eigenvalue weighted by Gasteiger charge is 2.14. The number of benzene rings is 1. The lowest BCUT2D eigenvalue weighted by Crippen LogP contribution is -2.02. The van der Waals surface area contributed by atoms with Crippen molar-refractivity contribution in [3.63, 3.8) is 0 Å². The Morgan fingerprint density at radius 2 is 2.00 bits per heavy atom. The van der Waals surface area contributed by atoms with E-state index in [0.717, 1.165) is 16.9 Å². The van der Waals surface area contributed by atoms with Crippen molar-refractivity contribution in [1.29, 1.82) is 0 Å². The molecule has 0 aliphatic rings. The highest BCUT2D eigenvalue weighted by molar-refractivity contribution is 7.99. The van der Waals surface area contributed by atoms with Crippen molar-refractivity contribution < 1.29 is 9.90 Å². The van der Waals surface area contributed by atoms with Crippen LogP contribution < -0.4 is 0 Å². The zero-order chi connectivity index (χ0) is 13.9. The Labute approximate surface area is 119 Å². The van der Waals surface area contributed by atoms with Crippen molar-refractivity contribution in [2.24, 2.45) is 0 Å². The molecule has 20 heavy (non-hydrogen) atoms. The summed E-state index contributed by atoms with van der Waals surface area (Å²) in [5.74, 6) is -0.898. The summed E-state index contributed by atoms with van der Waals surface area (Å²) in [7, 11) is 0. The van der Waals surface area contributed by atoms with Crippen molar-refractivity contribution >= 4 is 28.9 Å². The molecular formula is C14H11N3O2S. The van der Waals surface area contributed by atoms with Gasteiger partial charge in [-0.2, -0.15) is 0 Å². The third-order valence-corrected chi connectivity index (χ3v) is 3.65. The number of imidazole rings is 1. The number of carbonyl (C=O) groups is 1. The summed E-state index contributed by atoms with van der Waals surface area (Å²) in [6.45, 7) is 0. The number of nitrogens with zero attached hydrogens (tertiary/aromatic N) is 3. The summed E-state index contributed by atoms with van der Waals surface area (Å²) in [5, 5.41) is 9.47. The van der Waals surface area contributed by atoms with E-state index < -0.39 is 5.97 Å². The van der Waals surface area contributed by atoms with Crippen molar-refractivity contribution in [2.75, 3.05) is 5.75 Å². The van der Waals surface area contributed by atoms with Gasteiger partial charge < -0.3 is 5.11 Å². The SMILES string of the molecule is O=C(O)CSc1nc2cccnc2n1-c1ccccc1. The number of carboxylic acid groups (broad SMARTS) is 1. The van der Waals surface area contributed by atoms with Gasteiger partial charge in [0.05, 0.1) is 5.75 Å². The first-order valence-corrected chi connectivity index (χ1v) is 6.98. The first-order chi connectivity index (χ1) is 9.75. The fraction of sp³-hybridized carbons (Fsp3) is 0.0714. The van der Waals surface area contributed by atoms with Gasteiger partial charge in [-0.05, 0) is 24.3 Å². The molecule has 3 rings (SSSR count). The molecule has 2 heterocycles. The molecule has 0 fully saturated rings. The molecule has 2 aromatic heterocycles. The van der Waals surface area contributed by atoms with Gasteiger partial charge in [0.2, 0.25) is 0 Å². The number of carboxylic acids is 1. The Bertz CT molecular complexity index is 755. The molecule has 0 bridgehead atoms. The number of hydrogen-bond donors (Lipinski definition) is 1. The molecule has 0 aliphatic carbocycles. The third kappa shape index (κ3) is 2.37. The molecule has 0 saturated heterocycles. The van der Waals surface area contributed by atoms with E-state index in [0.29, 0.717) is 5.16 Å². The summed E-state index contributed by atoms with van der Waals surface area (Å²) in [6, 6.07) is 13.4. The van der Waals surface area contributed by atoms with Gasteiger partial charge in [-0.1, -0.05) is 30.0 Å². The Morgan fingerprint density at radius 1 is 1.20 bits per heavy atom. The van der Waals surface area contributed by atoms with Crippen LogP contribution >= 0.6 is 11.8 Å². The lowest BCUT2D eigenvalue weighted by Gasteiger charge is -2.07. The van der Waals surface area contributed by atoms with E-state index in [1.807, 2.05) is 47.0 Å². The maximum absolute atomic E-state index is 10.8. The summed E-state index contributed by atoms with van der Waals surface area (Å²) in [4.78, 5) is 19.6. The van der Waals surface area contributed by atoms with Crippen LogP contribution in [0.2, 0.25) is 0 Å². The van der Waals surface area contributed by atoms with Crippen LogP contribution in [-0.2, 0) is 4.79 Å². The number of aromatic nitrogens is 3. The number of fused-ring (bicyclic) bond motifs is 1. The molecule has 1 aromatic carbocycles. The topological polar surface area (TPSA) is 68.0 Å². The largest absolute Gasteiger partial charge is 0.481 e. The normalized spacial score (nSPS) is 10.8. The lowest BCUT2D eigenvalue weighted by atomic mass is 10.3. The van der Waals surface area contributed by atoms with Gasteiger partial charge in [-0.15, -0.1) is 0 Å². The molecule has 100 valence electrons. The van der Waals surface area contributed by atoms with Crippen LogP contribution in [0, 0.1) is 0 Å². The molecule has 0 unspecified atom stereocenters. The van der Waals surface area contributed by atoms with E-state index in [-0.39, 0.29) is 5.75 Å². The quantitative estimate of drug-likeness (QED) is 0.746. The zero-order valence-electron chi connectivity index (χ0n) is 10.4. The third-order valence-electron chi connectivity index (χ3n) is 2.72. The van der Waals surface area contributed by atoms with Gasteiger partial charge in [-0.3, -0.25) is 9.36 Å². The Kier molecular flexibility index (Phi) is 3.39. The predicted molar refractivity (Wildman–Crippen MR) is 77.2 cm³/mol. The van der Waals surface area contributed by atoms with Crippen molar-refractivity contribution in [3.8, 4) is 5.69 Å². The summed E-state index contributed by atoms with van der Waals surface area (Å²) in [5.41, 5.74) is 2.40. The van der Waals surface area contributed by atoms with Gasteiger partial charge in [0, 0.05) is 11.9 Å². The molecule has 6 heteroatoms. The second-order valence-corrected chi connectivity index (χ2v) is 5.04. The predicted octanol–water partition coefficient (Wildman–Crippen LogP) is 2.60. The number of thioether (sulfide) groups is 1. The molecule has 0 atom stereocenters. The average molecular weight is 285 g/mol. The molecule has 0 amide bonds. The van der Waals surface area contributed by atoms with Crippen molar-refractivity contribution in [3.05, 3.63) is 48.7 Å². The summed E-state index contributed by atoms with van der Waals surface area (Å²) >= 11 is 1.19. The first-order valence-electron chi connectivity index (χ1n) is 5.99. The van der Waals surface area contributed by atoms with E-state index >= 15 is 0 Å². The Balaban J connectivity index is 2.16. The molecule has 0 spiro atoms. The first kappa shape index (κ1) is 12.7. The molecule has 0 radical (unpaired) electrons. The minimum atomic E-state index is -0.866. The minimum absolute atomic E-state index is 0.0316. The van der Waals surface area contributed by atoms with Gasteiger partial charge in [-0.25, -0.2) is 9.97 Å². The van der Waals surface area contributed by atoms with Gasteiger partial charge in [0.25, 0.3) is 0 Å². The second-order valence-electron chi connectivity index (χ2n) is 4.09. The van der Waals surface area contributed by atoms with E-state index in [2.05, 4.69) is 9.97 Å². The fourth-order valence-electron chi connectivity index (χ4n) is 1.92. The lowest BCUT2D eigenvalue weighted by molar-refractivity contribution is -0.133. The number of para-hydroxylation sites is 1. The van der Waals surface area contributed by atoms with E-state index in [4.69, 9.17) is 5.11 Å². The van der Waals surface area contributed by atoms with Gasteiger partial charge in [0.15, 0.2) is 10.8 Å². The van der Waals surface area contributed by atoms with Gasteiger partial charge >= 0.3 is 5.97 Å². The summed E-state index contributed by atoms with van der Waals surface area (Å²) < 4.78 is 1.88. The van der Waals surface area contributed by atoms with Gasteiger partial charge in [0.1, 0.15) is 5.52 Å². The average Bonchev–Trinajstić information content (AvgIpc) is 2.84. The number of aliphatic carboxylic acids is 1. The zero-order valence-corrected chi connectivity index (χ0v) is 11.2. The number of hydrogen-bond acceptors (Lipinski definition) is 4. The number of pyridine rings is 1. The highest BCUT2D eigenvalue weighted by atomic mass is 32.2. The van der Waals surface area contributed by atoms with Crippen LogP contribution in [-0.4, -0.2) is 31.4 Å². The van der Waals surface area contributed by atoms with E-state index in [1.165, 1.54) is 11.8 Å². The van der Waals surface area contributed by atoms with E-state index in [1.54, 1.807) is 6.20 Å². The van der Waals surface area contributed by atoms with Crippen LogP contribution in [0.4, 0.5) is 0 Å². The van der Waals surface area contributed by atoms with Crippen LogP contribution in [0.3, 0.4) is 0 Å². The maximum Gasteiger partial charge on any atom is 0.313 e. The molecule has 3 aromatic rings. The minimum Gasteiger partial charge on any atom is -0.481 e. The fourth-order valence-corrected chi connectivity index (χ4v) is 2.66. The molecule has 1 N–H and O–H groups in total. The Morgan fingerprint density at radius 3 is 2.75 bits per heavy atom. The van der Waals surface area contributed by atoms with Crippen LogP contribution in [0.25, 0.3) is 16.9 Å². The molecule has 0 saturated carbocycles. The molecule has 5 nitrogen and oxygen atoms in total. The van der Waals surface area contributed by atoms with Crippen LogP contribution in [0.5, 0.6) is 0 Å². The van der Waals surface area contributed by atoms with E-state index in [9.17, 15) is 4.79 Å². The monoisotopic (exact) mass is 285 g/mol. The summed E-state index contributed by atoms with van der Waals surface area (Å²) in [6.07, 6.45) is 1.70. The second kappa shape index (κ2) is 5.34. The molecular weight excluding hydrogens is 274 g/mol. The van der Waals surface area contributed by atoms with Crippen molar-refractivity contribution in [2.45, 2.75) is 5.16 Å². The standard InChI is InChI=1S/C14H11N3O2S/c18-12(19)9-20-14-16-11-7-4-8-15-13(11)17(14)10-5-2-1-3-6-10/h1-8H,9H2,(H,18,19). The molecule has 0 aliphatic heterocycles. The smallest absolute Gasteiger partial charge is 0.313 e. The van der Waals surface area contributed by atoms with Crippen LogP contribution in [0.1, 0.15) is 0 Å². The van der Waals surface area contributed by atoms with Crippen molar-refractivity contribution in [1.82, 2.24) is 14.5 Å². The number of rotatable bonds is 4. The maximum atomic E-state index is 10.8.